The van der Waals surface area contributed by atoms with Gasteiger partial charge in [-0.1, -0.05) is 12.1 Å². The topological polar surface area (TPSA) is 81.2 Å². The van der Waals surface area contributed by atoms with E-state index < -0.39 is 22.3 Å². The van der Waals surface area contributed by atoms with E-state index in [2.05, 4.69) is 4.98 Å². The lowest BCUT2D eigenvalue weighted by Crippen LogP contribution is -2.28. The highest BCUT2D eigenvalue weighted by Crippen LogP contribution is 2.44. The molecule has 0 amide bonds. The first kappa shape index (κ1) is 16.9. The Kier molecular flexibility index (Phi) is 3.53. The Morgan fingerprint density at radius 2 is 2.04 bits per heavy atom. The summed E-state index contributed by atoms with van der Waals surface area (Å²) < 4.78 is 40.3. The van der Waals surface area contributed by atoms with Crippen molar-refractivity contribution < 1.29 is 23.2 Å². The van der Waals surface area contributed by atoms with Gasteiger partial charge in [0, 0.05) is 12.1 Å². The first-order valence-electron chi connectivity index (χ1n) is 7.41. The zero-order valence-corrected chi connectivity index (χ0v) is 13.7. The van der Waals surface area contributed by atoms with Crippen LogP contribution in [0.15, 0.2) is 42.5 Å². The molecule has 0 saturated heterocycles. The smallest absolute Gasteiger partial charge is 0.376 e. The second-order valence-electron chi connectivity index (χ2n) is 5.87. The molecule has 0 aliphatic carbocycles. The van der Waals surface area contributed by atoms with Crippen molar-refractivity contribution in [3.05, 3.63) is 69.5 Å². The van der Waals surface area contributed by atoms with Gasteiger partial charge in [-0.15, -0.1) is 0 Å². The number of imidazole rings is 1. The van der Waals surface area contributed by atoms with Crippen LogP contribution < -0.4 is 0 Å². The van der Waals surface area contributed by atoms with Crippen molar-refractivity contribution in [3.8, 4) is 0 Å². The molecule has 1 aromatic heterocycles. The van der Waals surface area contributed by atoms with Crippen molar-refractivity contribution in [1.29, 1.82) is 0 Å². The number of alkyl halides is 3. The van der Waals surface area contributed by atoms with Gasteiger partial charge in [-0.2, -0.15) is 13.2 Å². The number of nitrogens with zero attached hydrogens (tertiary/aromatic N) is 3. The summed E-state index contributed by atoms with van der Waals surface area (Å²) in [5.41, 5.74) is -1.83. The maximum Gasteiger partial charge on any atom is 0.416 e. The number of halogens is 3. The second-order valence-corrected chi connectivity index (χ2v) is 6.78. The highest BCUT2D eigenvalue weighted by Gasteiger charge is 2.43. The van der Waals surface area contributed by atoms with Crippen LogP contribution in [-0.4, -0.2) is 24.7 Å². The van der Waals surface area contributed by atoms with E-state index >= 15 is 0 Å². The first-order chi connectivity index (χ1) is 12.2. The molecular formula is C16H10F3N3O3S. The highest BCUT2D eigenvalue weighted by molar-refractivity contribution is 7.98. The number of hydrogen-bond acceptors (Lipinski definition) is 5. The summed E-state index contributed by atoms with van der Waals surface area (Å²) in [7, 11) is 0. The maximum atomic E-state index is 12.9. The molecule has 134 valence electrons. The van der Waals surface area contributed by atoms with Crippen molar-refractivity contribution in [2.75, 3.05) is 5.75 Å². The molecular weight excluding hydrogens is 371 g/mol. The number of nitro benzene ring substituents is 1. The van der Waals surface area contributed by atoms with Gasteiger partial charge in [0.05, 0.1) is 27.3 Å². The summed E-state index contributed by atoms with van der Waals surface area (Å²) >= 11 is 1.19. The molecule has 0 fully saturated rings. The minimum Gasteiger partial charge on any atom is -0.376 e. The fourth-order valence-corrected chi connectivity index (χ4v) is 4.16. The van der Waals surface area contributed by atoms with Crippen molar-refractivity contribution in [2.45, 2.75) is 11.8 Å². The van der Waals surface area contributed by atoms with Crippen LogP contribution >= 0.6 is 11.9 Å². The van der Waals surface area contributed by atoms with E-state index in [1.54, 1.807) is 3.97 Å². The Morgan fingerprint density at radius 3 is 2.73 bits per heavy atom. The predicted molar refractivity (Wildman–Crippen MR) is 88.7 cm³/mol. The monoisotopic (exact) mass is 381 g/mol. The van der Waals surface area contributed by atoms with Crippen LogP contribution in [0.5, 0.6) is 0 Å². The molecule has 1 aliphatic rings. The van der Waals surface area contributed by atoms with Crippen molar-refractivity contribution in [2.24, 2.45) is 0 Å². The van der Waals surface area contributed by atoms with Crippen LogP contribution in [0.2, 0.25) is 0 Å². The molecule has 2 heterocycles. The normalized spacial score (nSPS) is 19.7. The molecule has 26 heavy (non-hydrogen) atoms. The quantitative estimate of drug-likeness (QED) is 0.541. The summed E-state index contributed by atoms with van der Waals surface area (Å²) in [6.07, 6.45) is -4.49. The average molecular weight is 381 g/mol. The first-order valence-corrected chi connectivity index (χ1v) is 8.35. The van der Waals surface area contributed by atoms with E-state index in [9.17, 15) is 28.4 Å². The van der Waals surface area contributed by atoms with E-state index in [1.165, 1.54) is 42.3 Å². The SMILES string of the molecule is O=[N+]([O-])c1cccc(C2(O)CSn3c2nc2cc(C(F)(F)F)ccc23)c1. The van der Waals surface area contributed by atoms with E-state index in [0.29, 0.717) is 5.52 Å². The van der Waals surface area contributed by atoms with Gasteiger partial charge < -0.3 is 5.11 Å². The molecule has 0 bridgehead atoms. The minimum absolute atomic E-state index is 0.103. The van der Waals surface area contributed by atoms with E-state index in [0.717, 1.165) is 12.1 Å². The fourth-order valence-electron chi connectivity index (χ4n) is 2.94. The lowest BCUT2D eigenvalue weighted by molar-refractivity contribution is -0.385. The average Bonchev–Trinajstić information content (AvgIpc) is 3.12. The van der Waals surface area contributed by atoms with Crippen LogP contribution in [-0.2, 0) is 11.8 Å². The van der Waals surface area contributed by atoms with Crippen molar-refractivity contribution >= 4 is 28.7 Å². The predicted octanol–water partition coefficient (Wildman–Crippen LogP) is 3.71. The zero-order valence-electron chi connectivity index (χ0n) is 12.9. The molecule has 2 aromatic carbocycles. The molecule has 6 nitrogen and oxygen atoms in total. The van der Waals surface area contributed by atoms with Crippen molar-refractivity contribution in [1.82, 2.24) is 8.96 Å². The van der Waals surface area contributed by atoms with E-state index in [1.807, 2.05) is 0 Å². The van der Waals surface area contributed by atoms with Gasteiger partial charge >= 0.3 is 6.18 Å². The van der Waals surface area contributed by atoms with Crippen LogP contribution in [0, 0.1) is 10.1 Å². The molecule has 3 aromatic rings. The largest absolute Gasteiger partial charge is 0.416 e. The molecule has 1 unspecified atom stereocenters. The zero-order chi connectivity index (χ0) is 18.7. The molecule has 1 N–H and O–H groups in total. The van der Waals surface area contributed by atoms with Gasteiger partial charge in [0.2, 0.25) is 0 Å². The molecule has 1 atom stereocenters. The number of hydrogen-bond donors (Lipinski definition) is 1. The lowest BCUT2D eigenvalue weighted by Gasteiger charge is -2.20. The molecule has 4 rings (SSSR count). The summed E-state index contributed by atoms with van der Waals surface area (Å²) in [5.74, 6) is 0.297. The Morgan fingerprint density at radius 1 is 1.27 bits per heavy atom. The van der Waals surface area contributed by atoms with E-state index in [-0.39, 0.29) is 28.3 Å². The molecule has 0 saturated carbocycles. The maximum absolute atomic E-state index is 12.9. The van der Waals surface area contributed by atoms with Gasteiger partial charge in [-0.05, 0) is 35.7 Å². The number of fused-ring (bicyclic) bond motifs is 3. The van der Waals surface area contributed by atoms with Crippen LogP contribution in [0.4, 0.5) is 18.9 Å². The Labute approximate surface area is 148 Å². The van der Waals surface area contributed by atoms with Crippen LogP contribution in [0.25, 0.3) is 11.0 Å². The summed E-state index contributed by atoms with van der Waals surface area (Å²) in [4.78, 5) is 14.6. The molecule has 10 heteroatoms. The Hall–Kier alpha value is -2.59. The molecule has 0 spiro atoms. The van der Waals surface area contributed by atoms with Crippen LogP contribution in [0.1, 0.15) is 17.0 Å². The Balaban J connectivity index is 1.86. The lowest BCUT2D eigenvalue weighted by atomic mass is 9.95. The number of benzene rings is 2. The number of rotatable bonds is 2. The number of nitro groups is 1. The number of aromatic nitrogens is 2. The van der Waals surface area contributed by atoms with E-state index in [4.69, 9.17) is 0 Å². The third kappa shape index (κ3) is 2.44. The summed E-state index contributed by atoms with van der Waals surface area (Å²) in [6.45, 7) is 0. The van der Waals surface area contributed by atoms with Crippen LogP contribution in [0.3, 0.4) is 0 Å². The minimum atomic E-state index is -4.49. The second kappa shape index (κ2) is 5.45. The third-order valence-corrected chi connectivity index (χ3v) is 5.42. The number of aliphatic hydroxyl groups is 1. The fraction of sp³-hybridized carbons (Fsp3) is 0.188. The van der Waals surface area contributed by atoms with Gasteiger partial charge in [0.1, 0.15) is 0 Å². The Bertz CT molecular complexity index is 1050. The molecule has 1 aliphatic heterocycles. The standard InChI is InChI=1S/C16H10F3N3O3S/c17-16(18,19)10-4-5-13-12(7-10)20-14-15(23,8-26-21(13)14)9-2-1-3-11(6-9)22(24)25/h1-7,23H,8H2. The van der Waals surface area contributed by atoms with Gasteiger partial charge in [0.15, 0.2) is 11.4 Å². The van der Waals surface area contributed by atoms with Gasteiger partial charge in [0.25, 0.3) is 5.69 Å². The molecule has 0 radical (unpaired) electrons. The van der Waals surface area contributed by atoms with Crippen molar-refractivity contribution in [3.63, 3.8) is 0 Å². The number of non-ortho nitro benzene ring substituents is 1. The summed E-state index contributed by atoms with van der Waals surface area (Å²) in [5, 5.41) is 22.1. The van der Waals surface area contributed by atoms with Gasteiger partial charge in [-0.25, -0.2) is 4.98 Å². The summed E-state index contributed by atoms with van der Waals surface area (Å²) in [6, 6.07) is 8.72. The van der Waals surface area contributed by atoms with Gasteiger partial charge in [-0.3, -0.25) is 14.1 Å². The highest BCUT2D eigenvalue weighted by atomic mass is 32.2. The third-order valence-electron chi connectivity index (χ3n) is 4.25.